The topological polar surface area (TPSA) is 109 Å². The molecule has 0 unspecified atom stereocenters. The van der Waals surface area contributed by atoms with E-state index < -0.39 is 22.4 Å². The van der Waals surface area contributed by atoms with Crippen molar-refractivity contribution in [2.45, 2.75) is 19.7 Å². The van der Waals surface area contributed by atoms with Crippen LogP contribution in [0, 0.1) is 18.3 Å². The number of carboxylic acid groups (broad SMARTS) is 1. The Morgan fingerprint density at radius 3 is 2.61 bits per heavy atom. The van der Waals surface area contributed by atoms with Gasteiger partial charge in [0.15, 0.2) is 0 Å². The quantitative estimate of drug-likeness (QED) is 0.669. The molecule has 0 aromatic carbocycles. The van der Waals surface area contributed by atoms with Gasteiger partial charge in [0.2, 0.25) is 0 Å². The molecule has 2 aliphatic rings. The predicted molar refractivity (Wildman–Crippen MR) is 103 cm³/mol. The van der Waals surface area contributed by atoms with Gasteiger partial charge >= 0.3 is 12.1 Å². The Morgan fingerprint density at radius 2 is 2.06 bits per heavy atom. The van der Waals surface area contributed by atoms with Gasteiger partial charge in [-0.3, -0.25) is 4.98 Å². The first-order chi connectivity index (χ1) is 14.3. The minimum Gasteiger partial charge on any atom is -0.475 e. The summed E-state index contributed by atoms with van der Waals surface area (Å²) >= 11 is 0. The number of pyridine rings is 1. The number of ether oxygens (including phenoxy) is 2. The van der Waals surface area contributed by atoms with Crippen LogP contribution in [-0.4, -0.2) is 86.3 Å². The lowest BCUT2D eigenvalue weighted by Gasteiger charge is -2.27. The van der Waals surface area contributed by atoms with Gasteiger partial charge in [0.05, 0.1) is 32.1 Å². The standard InChI is InChI=1S/C16H25N3O4S.C2HF3O2/c1-13-5-4-6-15(17-13)9-23-12-16-10-19(24(20,21)18(2)3)7-14(16)8-22-11-16;3-2(4,5)1(6)7/h4-6,14H,7-12H2,1-3H3;(H,6,7)/t14-,16+;/m1./s1. The molecule has 9 nitrogen and oxygen atoms in total. The van der Waals surface area contributed by atoms with E-state index in [1.54, 1.807) is 18.4 Å². The maximum absolute atomic E-state index is 12.4. The third-order valence-corrected chi connectivity index (χ3v) is 6.96. The zero-order valence-electron chi connectivity index (χ0n) is 17.4. The number of aliphatic carboxylic acids is 1. The monoisotopic (exact) mass is 469 g/mol. The summed E-state index contributed by atoms with van der Waals surface area (Å²) in [4.78, 5) is 13.3. The van der Waals surface area contributed by atoms with Crippen LogP contribution in [0.2, 0.25) is 0 Å². The molecule has 0 spiro atoms. The van der Waals surface area contributed by atoms with Crippen LogP contribution in [0.15, 0.2) is 18.2 Å². The van der Waals surface area contributed by atoms with E-state index in [0.29, 0.717) is 39.5 Å². The van der Waals surface area contributed by atoms with Crippen molar-refractivity contribution >= 4 is 16.2 Å². The first-order valence-corrected chi connectivity index (χ1v) is 10.7. The van der Waals surface area contributed by atoms with Crippen molar-refractivity contribution in [2.24, 2.45) is 11.3 Å². The van der Waals surface area contributed by atoms with Gasteiger partial charge < -0.3 is 14.6 Å². The summed E-state index contributed by atoms with van der Waals surface area (Å²) in [5.74, 6) is -2.58. The van der Waals surface area contributed by atoms with Crippen molar-refractivity contribution < 1.29 is 41.0 Å². The molecule has 3 heterocycles. The van der Waals surface area contributed by atoms with E-state index >= 15 is 0 Å². The Balaban J connectivity index is 0.000000423. The molecule has 2 atom stereocenters. The minimum atomic E-state index is -5.08. The first kappa shape index (κ1) is 25.5. The molecule has 0 amide bonds. The van der Waals surface area contributed by atoms with Gasteiger partial charge in [-0.15, -0.1) is 0 Å². The molecule has 2 saturated heterocycles. The van der Waals surface area contributed by atoms with Crippen molar-refractivity contribution in [2.75, 3.05) is 47.0 Å². The molecular formula is C18H26F3N3O6S. The van der Waals surface area contributed by atoms with Crippen LogP contribution in [-0.2, 0) is 31.1 Å². The van der Waals surface area contributed by atoms with Gasteiger partial charge in [0.25, 0.3) is 10.2 Å². The molecule has 176 valence electrons. The highest BCUT2D eigenvalue weighted by atomic mass is 32.2. The number of rotatable bonds is 6. The Morgan fingerprint density at radius 1 is 1.42 bits per heavy atom. The number of halogens is 3. The summed E-state index contributed by atoms with van der Waals surface area (Å²) in [5.41, 5.74) is 1.59. The van der Waals surface area contributed by atoms with Gasteiger partial charge in [0.1, 0.15) is 0 Å². The largest absolute Gasteiger partial charge is 0.490 e. The van der Waals surface area contributed by atoms with E-state index in [0.717, 1.165) is 11.4 Å². The summed E-state index contributed by atoms with van der Waals surface area (Å²) in [6, 6.07) is 5.84. The smallest absolute Gasteiger partial charge is 0.475 e. The second-order valence-corrected chi connectivity index (χ2v) is 9.87. The molecule has 0 aliphatic carbocycles. The van der Waals surface area contributed by atoms with Gasteiger partial charge in [-0.1, -0.05) is 6.07 Å². The Kier molecular flexibility index (Phi) is 8.03. The molecule has 0 radical (unpaired) electrons. The molecular weight excluding hydrogens is 443 g/mol. The molecule has 31 heavy (non-hydrogen) atoms. The van der Waals surface area contributed by atoms with E-state index in [9.17, 15) is 21.6 Å². The highest BCUT2D eigenvalue weighted by Gasteiger charge is 2.53. The number of aryl methyl sites for hydroxylation is 1. The number of aromatic nitrogens is 1. The Labute approximate surface area is 178 Å². The van der Waals surface area contributed by atoms with Crippen molar-refractivity contribution in [1.82, 2.24) is 13.6 Å². The fourth-order valence-electron chi connectivity index (χ4n) is 3.43. The molecule has 1 aromatic rings. The second kappa shape index (κ2) is 9.77. The average molecular weight is 469 g/mol. The zero-order chi connectivity index (χ0) is 23.4. The molecule has 13 heteroatoms. The van der Waals surface area contributed by atoms with E-state index in [1.165, 1.54) is 4.31 Å². The number of carboxylic acids is 1. The zero-order valence-corrected chi connectivity index (χ0v) is 18.2. The lowest BCUT2D eigenvalue weighted by Crippen LogP contribution is -2.41. The van der Waals surface area contributed by atoms with E-state index in [4.69, 9.17) is 19.4 Å². The molecule has 0 saturated carbocycles. The number of carbonyl (C=O) groups is 1. The normalized spacial score (nSPS) is 24.0. The molecule has 1 N–H and O–H groups in total. The van der Waals surface area contributed by atoms with Gasteiger partial charge in [-0.05, 0) is 19.1 Å². The minimum absolute atomic E-state index is 0.178. The van der Waals surface area contributed by atoms with Crippen molar-refractivity contribution in [1.29, 1.82) is 0 Å². The first-order valence-electron chi connectivity index (χ1n) is 9.34. The summed E-state index contributed by atoms with van der Waals surface area (Å²) in [7, 11) is -0.272. The van der Waals surface area contributed by atoms with Crippen LogP contribution in [0.1, 0.15) is 11.4 Å². The van der Waals surface area contributed by atoms with E-state index in [-0.39, 0.29) is 11.3 Å². The van der Waals surface area contributed by atoms with Crippen LogP contribution in [0.4, 0.5) is 13.2 Å². The number of hydrogen-bond acceptors (Lipinski definition) is 6. The maximum atomic E-state index is 12.4. The fourth-order valence-corrected chi connectivity index (χ4v) is 4.68. The van der Waals surface area contributed by atoms with Crippen molar-refractivity contribution in [3.05, 3.63) is 29.6 Å². The van der Waals surface area contributed by atoms with Gasteiger partial charge in [0, 0.05) is 44.2 Å². The maximum Gasteiger partial charge on any atom is 0.490 e. The third kappa shape index (κ3) is 6.35. The SMILES string of the molecule is Cc1cccc(COC[C@]23COC[C@H]2CN(S(=O)(=O)N(C)C)C3)n1.O=C(O)C(F)(F)F. The second-order valence-electron chi connectivity index (χ2n) is 7.72. The lowest BCUT2D eigenvalue weighted by atomic mass is 9.82. The molecule has 0 bridgehead atoms. The Bertz CT molecular complexity index is 881. The van der Waals surface area contributed by atoms with Crippen LogP contribution in [0.3, 0.4) is 0 Å². The molecule has 3 rings (SSSR count). The third-order valence-electron chi connectivity index (χ3n) is 5.11. The van der Waals surface area contributed by atoms with Gasteiger partial charge in [-0.2, -0.15) is 30.2 Å². The van der Waals surface area contributed by atoms with Crippen molar-refractivity contribution in [3.8, 4) is 0 Å². The van der Waals surface area contributed by atoms with Crippen LogP contribution < -0.4 is 0 Å². The lowest BCUT2D eigenvalue weighted by molar-refractivity contribution is -0.192. The molecule has 2 aliphatic heterocycles. The number of hydrogen-bond donors (Lipinski definition) is 1. The van der Waals surface area contributed by atoms with Crippen LogP contribution in [0.5, 0.6) is 0 Å². The van der Waals surface area contributed by atoms with E-state index in [2.05, 4.69) is 4.98 Å². The van der Waals surface area contributed by atoms with E-state index in [1.807, 2.05) is 25.1 Å². The summed E-state index contributed by atoms with van der Waals surface area (Å²) in [5, 5.41) is 7.12. The van der Waals surface area contributed by atoms with Crippen LogP contribution >= 0.6 is 0 Å². The summed E-state index contributed by atoms with van der Waals surface area (Å²) in [6.45, 7) is 4.92. The van der Waals surface area contributed by atoms with Crippen LogP contribution in [0.25, 0.3) is 0 Å². The molecule has 1 aromatic heterocycles. The fraction of sp³-hybridized carbons (Fsp3) is 0.667. The number of fused-ring (bicyclic) bond motifs is 1. The van der Waals surface area contributed by atoms with Gasteiger partial charge in [-0.25, -0.2) is 4.79 Å². The Hall–Kier alpha value is -1.80. The number of nitrogens with zero attached hydrogens (tertiary/aromatic N) is 3. The average Bonchev–Trinajstić information content (AvgIpc) is 3.19. The summed E-state index contributed by atoms with van der Waals surface area (Å²) in [6.07, 6.45) is -5.08. The summed E-state index contributed by atoms with van der Waals surface area (Å²) < 4.78 is 70.9. The molecule has 2 fully saturated rings. The predicted octanol–water partition coefficient (Wildman–Crippen LogP) is 1.29. The highest BCUT2D eigenvalue weighted by Crippen LogP contribution is 2.42. The number of alkyl halides is 3. The highest BCUT2D eigenvalue weighted by molar-refractivity contribution is 7.86. The van der Waals surface area contributed by atoms with Crippen molar-refractivity contribution in [3.63, 3.8) is 0 Å².